The second kappa shape index (κ2) is 6.03. The molecule has 0 radical (unpaired) electrons. The Morgan fingerprint density at radius 1 is 1.52 bits per heavy atom. The van der Waals surface area contributed by atoms with E-state index in [1.165, 1.54) is 5.56 Å². The Hall–Kier alpha value is -2.24. The first-order valence-corrected chi connectivity index (χ1v) is 7.25. The lowest BCUT2D eigenvalue weighted by Gasteiger charge is -2.15. The summed E-state index contributed by atoms with van der Waals surface area (Å²) in [5.74, 6) is 1.96. The largest absolute Gasteiger partial charge is 0.342 e. The third-order valence-corrected chi connectivity index (χ3v) is 3.84. The quantitative estimate of drug-likeness (QED) is 0.914. The van der Waals surface area contributed by atoms with Crippen LogP contribution in [0.1, 0.15) is 23.6 Å². The Labute approximate surface area is 123 Å². The van der Waals surface area contributed by atoms with Crippen molar-refractivity contribution in [3.05, 3.63) is 41.7 Å². The van der Waals surface area contributed by atoms with E-state index in [0.717, 1.165) is 31.8 Å². The summed E-state index contributed by atoms with van der Waals surface area (Å²) in [6.45, 7) is 3.48. The van der Waals surface area contributed by atoms with Gasteiger partial charge in [-0.3, -0.25) is 14.9 Å². The molecule has 1 amide bonds. The molecule has 1 N–H and O–H groups in total. The molecule has 0 aliphatic carbocycles. The van der Waals surface area contributed by atoms with Crippen LogP contribution >= 0.6 is 0 Å². The van der Waals surface area contributed by atoms with E-state index in [2.05, 4.69) is 26.2 Å². The number of aryl methyl sites for hydroxylation is 1. The van der Waals surface area contributed by atoms with E-state index < -0.39 is 0 Å². The lowest BCUT2D eigenvalue weighted by atomic mass is 10.0. The van der Waals surface area contributed by atoms with Crippen molar-refractivity contribution < 1.29 is 4.79 Å². The molecule has 6 nitrogen and oxygen atoms in total. The SMILES string of the molecule is Cc1nc(CC(=O)N2CCC(Cc3cccnc3)C2)n[nH]1. The standard InChI is InChI=1S/C15H19N5O/c1-11-17-14(19-18-11)8-15(21)20-6-4-13(10-20)7-12-3-2-5-16-9-12/h2-3,5,9,13H,4,6-8,10H2,1H3,(H,17,18,19). The van der Waals surface area contributed by atoms with Gasteiger partial charge in [-0.15, -0.1) is 0 Å². The number of carbonyl (C=O) groups is 1. The molecule has 21 heavy (non-hydrogen) atoms. The predicted octanol–water partition coefficient (Wildman–Crippen LogP) is 1.14. The van der Waals surface area contributed by atoms with Crippen molar-refractivity contribution in [1.29, 1.82) is 0 Å². The normalized spacial score (nSPS) is 18.1. The smallest absolute Gasteiger partial charge is 0.230 e. The summed E-state index contributed by atoms with van der Waals surface area (Å²) in [4.78, 5) is 22.5. The van der Waals surface area contributed by atoms with E-state index in [9.17, 15) is 4.79 Å². The number of aromatic nitrogens is 4. The van der Waals surface area contributed by atoms with Gasteiger partial charge in [0.1, 0.15) is 5.82 Å². The highest BCUT2D eigenvalue weighted by Gasteiger charge is 2.26. The van der Waals surface area contributed by atoms with Gasteiger partial charge in [0.2, 0.25) is 5.91 Å². The first kappa shape index (κ1) is 13.7. The minimum absolute atomic E-state index is 0.114. The highest BCUT2D eigenvalue weighted by atomic mass is 16.2. The molecule has 110 valence electrons. The Balaban J connectivity index is 1.53. The first-order valence-electron chi connectivity index (χ1n) is 7.25. The molecule has 1 aliphatic heterocycles. The molecular formula is C15H19N5O. The van der Waals surface area contributed by atoms with E-state index in [1.54, 1.807) is 6.20 Å². The number of amides is 1. The molecule has 2 aromatic heterocycles. The van der Waals surface area contributed by atoms with Gasteiger partial charge in [-0.05, 0) is 37.3 Å². The van der Waals surface area contributed by atoms with Gasteiger partial charge in [0.25, 0.3) is 0 Å². The predicted molar refractivity (Wildman–Crippen MR) is 77.5 cm³/mol. The first-order chi connectivity index (χ1) is 10.2. The van der Waals surface area contributed by atoms with Gasteiger partial charge >= 0.3 is 0 Å². The number of likely N-dealkylation sites (tertiary alicyclic amines) is 1. The van der Waals surface area contributed by atoms with Crippen molar-refractivity contribution in [2.75, 3.05) is 13.1 Å². The Kier molecular flexibility index (Phi) is 3.94. The summed E-state index contributed by atoms with van der Waals surface area (Å²) < 4.78 is 0. The van der Waals surface area contributed by atoms with Gasteiger partial charge in [-0.2, -0.15) is 5.10 Å². The van der Waals surface area contributed by atoms with E-state index >= 15 is 0 Å². The zero-order valence-corrected chi connectivity index (χ0v) is 12.1. The fourth-order valence-electron chi connectivity index (χ4n) is 2.79. The fraction of sp³-hybridized carbons (Fsp3) is 0.467. The molecule has 6 heteroatoms. The molecule has 0 bridgehead atoms. The number of rotatable bonds is 4. The average Bonchev–Trinajstić information content (AvgIpc) is 3.09. The molecular weight excluding hydrogens is 266 g/mol. The van der Waals surface area contributed by atoms with E-state index in [-0.39, 0.29) is 12.3 Å². The Bertz CT molecular complexity index is 610. The van der Waals surface area contributed by atoms with Crippen LogP contribution in [0.3, 0.4) is 0 Å². The highest BCUT2D eigenvalue weighted by molar-refractivity contribution is 5.78. The van der Waals surface area contributed by atoms with Gasteiger partial charge in [-0.1, -0.05) is 6.07 Å². The lowest BCUT2D eigenvalue weighted by Crippen LogP contribution is -2.30. The maximum Gasteiger partial charge on any atom is 0.230 e. The molecule has 0 aromatic carbocycles. The topological polar surface area (TPSA) is 74.8 Å². The number of pyridine rings is 1. The van der Waals surface area contributed by atoms with Crippen LogP contribution in [0.4, 0.5) is 0 Å². The summed E-state index contributed by atoms with van der Waals surface area (Å²) in [6.07, 6.45) is 6.00. The molecule has 0 spiro atoms. The number of H-pyrrole nitrogens is 1. The molecule has 1 atom stereocenters. The van der Waals surface area contributed by atoms with Crippen molar-refractivity contribution >= 4 is 5.91 Å². The van der Waals surface area contributed by atoms with Crippen LogP contribution in [-0.2, 0) is 17.6 Å². The monoisotopic (exact) mass is 285 g/mol. The molecule has 1 unspecified atom stereocenters. The van der Waals surface area contributed by atoms with Crippen LogP contribution in [0.5, 0.6) is 0 Å². The minimum atomic E-state index is 0.114. The second-order valence-electron chi connectivity index (χ2n) is 5.57. The summed E-state index contributed by atoms with van der Waals surface area (Å²) in [6, 6.07) is 4.05. The van der Waals surface area contributed by atoms with Gasteiger partial charge in [0, 0.05) is 25.5 Å². The van der Waals surface area contributed by atoms with Crippen LogP contribution in [0.2, 0.25) is 0 Å². The van der Waals surface area contributed by atoms with E-state index in [1.807, 2.05) is 24.1 Å². The number of carbonyl (C=O) groups excluding carboxylic acids is 1. The summed E-state index contributed by atoms with van der Waals surface area (Å²) in [7, 11) is 0. The molecule has 2 aromatic rings. The maximum atomic E-state index is 12.2. The Morgan fingerprint density at radius 2 is 2.43 bits per heavy atom. The number of aromatic amines is 1. The third kappa shape index (κ3) is 3.45. The summed E-state index contributed by atoms with van der Waals surface area (Å²) >= 11 is 0. The zero-order chi connectivity index (χ0) is 14.7. The minimum Gasteiger partial charge on any atom is -0.342 e. The number of nitrogens with zero attached hydrogens (tertiary/aromatic N) is 4. The summed E-state index contributed by atoms with van der Waals surface area (Å²) in [5, 5.41) is 6.79. The molecule has 1 aliphatic rings. The molecule has 0 saturated carbocycles. The number of hydrogen-bond acceptors (Lipinski definition) is 4. The third-order valence-electron chi connectivity index (χ3n) is 3.84. The number of hydrogen-bond donors (Lipinski definition) is 1. The van der Waals surface area contributed by atoms with E-state index in [4.69, 9.17) is 0 Å². The van der Waals surface area contributed by atoms with Gasteiger partial charge in [0.05, 0.1) is 6.42 Å². The van der Waals surface area contributed by atoms with Crippen LogP contribution in [0, 0.1) is 12.8 Å². The van der Waals surface area contributed by atoms with Gasteiger partial charge in [-0.25, -0.2) is 4.98 Å². The molecule has 1 fully saturated rings. The van der Waals surface area contributed by atoms with Crippen LogP contribution in [0.25, 0.3) is 0 Å². The molecule has 3 rings (SSSR count). The van der Waals surface area contributed by atoms with Crippen molar-refractivity contribution in [2.24, 2.45) is 5.92 Å². The van der Waals surface area contributed by atoms with Crippen molar-refractivity contribution in [2.45, 2.75) is 26.2 Å². The van der Waals surface area contributed by atoms with Crippen LogP contribution < -0.4 is 0 Å². The van der Waals surface area contributed by atoms with Gasteiger partial charge < -0.3 is 4.90 Å². The summed E-state index contributed by atoms with van der Waals surface area (Å²) in [5.41, 5.74) is 1.24. The number of nitrogens with one attached hydrogen (secondary N) is 1. The van der Waals surface area contributed by atoms with E-state index in [0.29, 0.717) is 11.7 Å². The van der Waals surface area contributed by atoms with Crippen molar-refractivity contribution in [3.8, 4) is 0 Å². The fourth-order valence-corrected chi connectivity index (χ4v) is 2.79. The molecule has 3 heterocycles. The zero-order valence-electron chi connectivity index (χ0n) is 12.1. The van der Waals surface area contributed by atoms with Crippen molar-refractivity contribution in [3.63, 3.8) is 0 Å². The van der Waals surface area contributed by atoms with Crippen LogP contribution in [-0.4, -0.2) is 44.1 Å². The molecule has 1 saturated heterocycles. The Morgan fingerprint density at radius 3 is 3.14 bits per heavy atom. The highest BCUT2D eigenvalue weighted by Crippen LogP contribution is 2.21. The van der Waals surface area contributed by atoms with Gasteiger partial charge in [0.15, 0.2) is 5.82 Å². The maximum absolute atomic E-state index is 12.2. The van der Waals surface area contributed by atoms with Crippen LogP contribution in [0.15, 0.2) is 24.5 Å². The lowest BCUT2D eigenvalue weighted by molar-refractivity contribution is -0.129. The van der Waals surface area contributed by atoms with Crippen molar-refractivity contribution in [1.82, 2.24) is 25.1 Å². The second-order valence-corrected chi connectivity index (χ2v) is 5.57. The average molecular weight is 285 g/mol.